The molecule has 96 heavy (non-hydrogen) atoms. The molecule has 0 saturated carbocycles. The number of hydrogen-bond donors (Lipinski definition) is 0. The predicted molar refractivity (Wildman–Crippen MR) is 413 cm³/mol. The van der Waals surface area contributed by atoms with E-state index in [0.717, 1.165) is 15.6 Å². The highest BCUT2D eigenvalue weighted by molar-refractivity contribution is 9.10. The number of aromatic nitrogens is 2. The van der Waals surface area contributed by atoms with Crippen LogP contribution in [0.2, 0.25) is 0 Å². The van der Waals surface area contributed by atoms with Gasteiger partial charge in [-0.05, 0) is 210 Å². The van der Waals surface area contributed by atoms with Crippen molar-refractivity contribution in [3.8, 4) is 44.8 Å². The van der Waals surface area contributed by atoms with E-state index in [1.54, 1.807) is 0 Å². The second-order valence-corrected chi connectivity index (χ2v) is 27.2. The molecule has 0 N–H and O–H groups in total. The first-order valence-electron chi connectivity index (χ1n) is 33.1. The van der Waals surface area contributed by atoms with Gasteiger partial charge in [0.15, 0.2) is 0 Å². The van der Waals surface area contributed by atoms with Crippen LogP contribution in [0.25, 0.3) is 153 Å². The van der Waals surface area contributed by atoms with Gasteiger partial charge in [0.2, 0.25) is 0 Å². The van der Waals surface area contributed by atoms with Crippen LogP contribution in [-0.4, -0.2) is 27.5 Å². The van der Waals surface area contributed by atoms with E-state index in [2.05, 4.69) is 380 Å². The third-order valence-electron chi connectivity index (χ3n) is 20.1. The van der Waals surface area contributed by atoms with Crippen LogP contribution in [-0.2, 0) is 9.31 Å². The van der Waals surface area contributed by atoms with Crippen LogP contribution < -0.4 is 5.46 Å². The largest absolute Gasteiger partial charge is 0.494 e. The van der Waals surface area contributed by atoms with Gasteiger partial charge >= 0.3 is 7.12 Å². The number of hydrogen-bond acceptors (Lipinski definition) is 2. The molecule has 0 radical (unpaired) electrons. The molecule has 1 fully saturated rings. The van der Waals surface area contributed by atoms with E-state index in [-0.39, 0.29) is 18.3 Å². The molecule has 0 bridgehead atoms. The van der Waals surface area contributed by atoms with Crippen LogP contribution in [0.1, 0.15) is 27.7 Å². The molecule has 1 aliphatic rings. The maximum absolute atomic E-state index is 6.27. The average Bonchev–Trinajstić information content (AvgIpc) is 0.804. The Morgan fingerprint density at radius 2 is 0.521 bits per heavy atom. The van der Waals surface area contributed by atoms with E-state index in [9.17, 15) is 0 Å². The number of benzene rings is 16. The standard InChI is InChI=1S/C42H27N.C24H24BNO2.C24H15Br/c1-2-17-35-33(15-1)34-16-3-4-18-36(34)40-27-31(23-24-37(35)40)29-12-9-11-28(25-29)30-13-10-14-32(26-30)43-41-21-7-5-19-38(41)39-20-6-8-22-42(39)43;1-23(2)24(3,4)28-25(27-23)17-10-9-11-18(16-17)26-21-14-7-5-12-19(21)20-13-6-8-15-22(20)26;25-18-7-5-6-16(14-18)17-12-13-23-21-10-2-1-8-19(21)20-9-3-4-11-22(20)24(23)15-17/h1-27H;5-16H,1-4H3;1-15H. The molecule has 0 spiro atoms. The smallest absolute Gasteiger partial charge is 0.399 e. The summed E-state index contributed by atoms with van der Waals surface area (Å²) in [4.78, 5) is 0. The van der Waals surface area contributed by atoms with Crippen LogP contribution in [0.15, 0.2) is 332 Å². The van der Waals surface area contributed by atoms with E-state index in [0.29, 0.717) is 0 Å². The monoisotopic (exact) mass is 1300 g/mol. The van der Waals surface area contributed by atoms with Gasteiger partial charge in [-0.2, -0.15) is 0 Å². The van der Waals surface area contributed by atoms with Gasteiger partial charge in [-0.15, -0.1) is 0 Å². The Labute approximate surface area is 567 Å². The molecule has 0 amide bonds. The van der Waals surface area contributed by atoms with Gasteiger partial charge in [-0.25, -0.2) is 0 Å². The Morgan fingerprint density at radius 1 is 0.240 bits per heavy atom. The first-order valence-corrected chi connectivity index (χ1v) is 33.9. The number of para-hydroxylation sites is 4. The minimum atomic E-state index is -0.363. The normalized spacial score (nSPS) is 13.5. The summed E-state index contributed by atoms with van der Waals surface area (Å²) in [6, 6.07) is 118. The topological polar surface area (TPSA) is 28.3 Å². The van der Waals surface area contributed by atoms with Crippen molar-refractivity contribution < 1.29 is 9.31 Å². The third kappa shape index (κ3) is 10.2. The SMILES string of the molecule is Brc1cccc(-c2ccc3c4ccccc4c4ccccc4c3c2)c1.CC1(C)OB(c2cccc(-n3c4ccccc4c4ccccc43)c2)OC1(C)C.c1cc(-c2cccc(-n3c4ccccc4c4ccccc43)c2)cc(-c2ccc3c4ccccc4c4ccccc4c3c2)c1. The first kappa shape index (κ1) is 58.9. The molecule has 458 valence electrons. The molecule has 19 rings (SSSR count). The van der Waals surface area contributed by atoms with E-state index in [4.69, 9.17) is 9.31 Å². The molecule has 2 aromatic heterocycles. The molecule has 0 atom stereocenters. The van der Waals surface area contributed by atoms with Gasteiger partial charge < -0.3 is 18.4 Å². The summed E-state index contributed by atoms with van der Waals surface area (Å²) in [7, 11) is -0.363. The molecule has 1 aliphatic heterocycles. The maximum atomic E-state index is 6.27. The fourth-order valence-corrected chi connectivity index (χ4v) is 15.1. The number of nitrogens with zero attached hydrogens (tertiary/aromatic N) is 2. The molecule has 18 aromatic rings. The lowest BCUT2D eigenvalue weighted by atomic mass is 9.79. The second-order valence-electron chi connectivity index (χ2n) is 26.3. The molecule has 0 aliphatic carbocycles. The van der Waals surface area contributed by atoms with Crippen LogP contribution in [0.3, 0.4) is 0 Å². The van der Waals surface area contributed by atoms with Gasteiger partial charge in [-0.3, -0.25) is 0 Å². The number of halogens is 1. The highest BCUT2D eigenvalue weighted by Crippen LogP contribution is 2.42. The Kier molecular flexibility index (Phi) is 14.6. The Balaban J connectivity index is 0.000000115. The highest BCUT2D eigenvalue weighted by atomic mass is 79.9. The molecular weight excluding hydrogens is 1230 g/mol. The van der Waals surface area contributed by atoms with Gasteiger partial charge in [0.25, 0.3) is 0 Å². The van der Waals surface area contributed by atoms with Crippen molar-refractivity contribution in [2.24, 2.45) is 0 Å². The molecule has 3 heterocycles. The first-order chi connectivity index (χ1) is 47.0. The third-order valence-corrected chi connectivity index (χ3v) is 20.6. The summed E-state index contributed by atoms with van der Waals surface area (Å²) < 4.78 is 18.3. The minimum Gasteiger partial charge on any atom is -0.399 e. The summed E-state index contributed by atoms with van der Waals surface area (Å²) >= 11 is 3.58. The maximum Gasteiger partial charge on any atom is 0.494 e. The van der Waals surface area contributed by atoms with E-state index < -0.39 is 0 Å². The lowest BCUT2D eigenvalue weighted by Crippen LogP contribution is -2.41. The lowest BCUT2D eigenvalue weighted by molar-refractivity contribution is 0.00578. The van der Waals surface area contributed by atoms with Crippen molar-refractivity contribution in [2.45, 2.75) is 38.9 Å². The Morgan fingerprint density at radius 3 is 0.906 bits per heavy atom. The van der Waals surface area contributed by atoms with Crippen LogP contribution in [0.5, 0.6) is 0 Å². The zero-order valence-electron chi connectivity index (χ0n) is 53.8. The molecule has 4 nitrogen and oxygen atoms in total. The summed E-state index contributed by atoms with van der Waals surface area (Å²) in [5, 5.41) is 20.8. The molecule has 6 heteroatoms. The van der Waals surface area contributed by atoms with Crippen molar-refractivity contribution >= 4 is 137 Å². The summed E-state index contributed by atoms with van der Waals surface area (Å²) in [6.45, 7) is 8.35. The van der Waals surface area contributed by atoms with Gasteiger partial charge in [0, 0.05) is 37.4 Å². The quantitative estimate of drug-likeness (QED) is 0.123. The molecule has 0 unspecified atom stereocenters. The fraction of sp³-hybridized carbons (Fsp3) is 0.0667. The van der Waals surface area contributed by atoms with Crippen molar-refractivity contribution in [3.05, 3.63) is 332 Å². The van der Waals surface area contributed by atoms with E-state index in [1.807, 2.05) is 0 Å². The van der Waals surface area contributed by atoms with Crippen LogP contribution in [0.4, 0.5) is 0 Å². The van der Waals surface area contributed by atoms with Crippen molar-refractivity contribution in [2.75, 3.05) is 0 Å². The van der Waals surface area contributed by atoms with Crippen molar-refractivity contribution in [1.29, 1.82) is 0 Å². The Hall–Kier alpha value is -10.9. The fourth-order valence-electron chi connectivity index (χ4n) is 14.7. The molecule has 16 aromatic carbocycles. The average molecular weight is 1300 g/mol. The predicted octanol–water partition coefficient (Wildman–Crippen LogP) is 24.2. The zero-order chi connectivity index (χ0) is 64.7. The number of fused-ring (bicyclic) bond motifs is 18. The minimum absolute atomic E-state index is 0.347. The molecular formula is C90H66BBrN2O2. The Bertz CT molecular complexity index is 5900. The van der Waals surface area contributed by atoms with Crippen molar-refractivity contribution in [3.63, 3.8) is 0 Å². The van der Waals surface area contributed by atoms with Crippen LogP contribution >= 0.6 is 15.9 Å². The summed E-state index contributed by atoms with van der Waals surface area (Å²) in [5.41, 5.74) is 14.8. The summed E-state index contributed by atoms with van der Waals surface area (Å²) in [5.74, 6) is 0. The highest BCUT2D eigenvalue weighted by Gasteiger charge is 2.51. The zero-order valence-corrected chi connectivity index (χ0v) is 55.4. The molecule has 1 saturated heterocycles. The number of rotatable bonds is 6. The van der Waals surface area contributed by atoms with Gasteiger partial charge in [-0.1, -0.05) is 265 Å². The second kappa shape index (κ2) is 23.9. The van der Waals surface area contributed by atoms with Gasteiger partial charge in [0.05, 0.1) is 33.3 Å². The van der Waals surface area contributed by atoms with Crippen LogP contribution in [0, 0.1) is 0 Å². The van der Waals surface area contributed by atoms with E-state index in [1.165, 1.54) is 147 Å². The van der Waals surface area contributed by atoms with Crippen molar-refractivity contribution in [1.82, 2.24) is 9.13 Å². The lowest BCUT2D eigenvalue weighted by Gasteiger charge is -2.32. The summed E-state index contributed by atoms with van der Waals surface area (Å²) in [6.07, 6.45) is 0. The van der Waals surface area contributed by atoms with E-state index >= 15 is 0 Å². The van der Waals surface area contributed by atoms with Gasteiger partial charge in [0.1, 0.15) is 0 Å².